The third-order valence-electron chi connectivity index (χ3n) is 7.61. The molecular weight excluding hydrogens is 570 g/mol. The molecule has 0 spiro atoms. The fraction of sp³-hybridized carbons (Fsp3) is 0.606. The molecule has 0 aliphatic heterocycles. The van der Waals surface area contributed by atoms with Crippen molar-refractivity contribution in [1.82, 2.24) is 5.32 Å². The maximum Gasteiger partial charge on any atom is 0.300 e. The average molecular weight is 622 g/mol. The highest BCUT2D eigenvalue weighted by Gasteiger charge is 2.28. The summed E-state index contributed by atoms with van der Waals surface area (Å²) in [6.45, 7) is 3.57. The van der Waals surface area contributed by atoms with Gasteiger partial charge in [0.1, 0.15) is 5.75 Å². The van der Waals surface area contributed by atoms with Crippen LogP contribution in [-0.2, 0) is 32.4 Å². The van der Waals surface area contributed by atoms with Crippen LogP contribution in [0, 0.1) is 0 Å². The van der Waals surface area contributed by atoms with Crippen LogP contribution in [0.15, 0.2) is 47.4 Å². The second kappa shape index (κ2) is 20.5. The zero-order chi connectivity index (χ0) is 31.5. The van der Waals surface area contributed by atoms with Crippen molar-refractivity contribution in [3.8, 4) is 5.75 Å². The van der Waals surface area contributed by atoms with E-state index in [1.165, 1.54) is 6.07 Å². The zero-order valence-electron chi connectivity index (χ0n) is 25.5. The maximum absolute atomic E-state index is 13.0. The lowest BCUT2D eigenvalue weighted by molar-refractivity contribution is -0.134. The number of unbranched alkanes of at least 4 members (excludes halogenated alkanes) is 4. The van der Waals surface area contributed by atoms with Crippen LogP contribution in [0.5, 0.6) is 5.75 Å². The van der Waals surface area contributed by atoms with Crippen molar-refractivity contribution in [2.24, 2.45) is 0 Å². The van der Waals surface area contributed by atoms with Crippen LogP contribution < -0.4 is 5.32 Å². The summed E-state index contributed by atoms with van der Waals surface area (Å²) in [4.78, 5) is 9.49. The van der Waals surface area contributed by atoms with Crippen LogP contribution in [0.4, 0.5) is 0 Å². The number of aliphatic hydroxyl groups excluding tert-OH is 2. The summed E-state index contributed by atoms with van der Waals surface area (Å²) in [5.74, 6) is -0.796. The Morgan fingerprint density at radius 2 is 1.65 bits per heavy atom. The maximum atomic E-state index is 13.0. The quantitative estimate of drug-likeness (QED) is 0.139. The number of benzene rings is 2. The van der Waals surface area contributed by atoms with Crippen molar-refractivity contribution >= 4 is 15.8 Å². The third-order valence-corrected chi connectivity index (χ3v) is 9.87. The summed E-state index contributed by atoms with van der Waals surface area (Å²) in [7, 11) is -3.21. The molecule has 9 nitrogen and oxygen atoms in total. The molecule has 2 aromatic rings. The fourth-order valence-corrected chi connectivity index (χ4v) is 7.11. The van der Waals surface area contributed by atoms with Crippen LogP contribution in [-0.4, -0.2) is 66.4 Å². The lowest BCUT2D eigenvalue weighted by Gasteiger charge is -2.22. The first-order valence-corrected chi connectivity index (χ1v) is 17.1. The van der Waals surface area contributed by atoms with Gasteiger partial charge in [0.2, 0.25) is 0 Å². The van der Waals surface area contributed by atoms with E-state index in [4.69, 9.17) is 14.6 Å². The highest BCUT2D eigenvalue weighted by atomic mass is 32.2. The number of aliphatic hydroxyl groups is 2. The Bertz CT molecular complexity index is 1180. The number of sulfone groups is 1. The number of aryl methyl sites for hydroxylation is 1. The first-order valence-electron chi connectivity index (χ1n) is 15.6. The average Bonchev–Trinajstić information content (AvgIpc) is 3.00. The largest absolute Gasteiger partial charge is 0.508 e. The number of hydrogen-bond donors (Lipinski definition) is 5. The van der Waals surface area contributed by atoms with Gasteiger partial charge in [0.25, 0.3) is 5.97 Å². The minimum Gasteiger partial charge on any atom is -0.508 e. The van der Waals surface area contributed by atoms with Crippen molar-refractivity contribution in [1.29, 1.82) is 0 Å². The fourth-order valence-electron chi connectivity index (χ4n) is 5.18. The van der Waals surface area contributed by atoms with Gasteiger partial charge in [-0.05, 0) is 86.9 Å². The molecule has 0 aromatic heterocycles. The SMILES string of the molecule is CC(=O)O.O=S(=O)(c1cccc(CCCCOCCCCCCNC[C@H](O)c2ccc(O)c(CO)c2)c1)C1CCCCC1. The van der Waals surface area contributed by atoms with E-state index < -0.39 is 21.9 Å². The molecule has 5 N–H and O–H groups in total. The Kier molecular flexibility index (Phi) is 17.5. The Hall–Kier alpha value is -2.50. The summed E-state index contributed by atoms with van der Waals surface area (Å²) in [5.41, 5.74) is 2.19. The molecule has 0 heterocycles. The van der Waals surface area contributed by atoms with E-state index in [2.05, 4.69) is 5.32 Å². The third kappa shape index (κ3) is 14.2. The Labute approximate surface area is 257 Å². The van der Waals surface area contributed by atoms with Gasteiger partial charge in [0.15, 0.2) is 9.84 Å². The van der Waals surface area contributed by atoms with Crippen molar-refractivity contribution in [3.63, 3.8) is 0 Å². The second-order valence-corrected chi connectivity index (χ2v) is 13.4. The molecule has 1 fully saturated rings. The first kappa shape index (κ1) is 36.7. The van der Waals surface area contributed by atoms with E-state index in [-0.39, 0.29) is 17.6 Å². The number of aliphatic carboxylic acids is 1. The topological polar surface area (TPSA) is 153 Å². The van der Waals surface area contributed by atoms with Crippen molar-refractivity contribution in [2.75, 3.05) is 26.3 Å². The molecule has 3 rings (SSSR count). The van der Waals surface area contributed by atoms with E-state index in [1.807, 2.05) is 18.2 Å². The number of carboxylic acids is 1. The summed E-state index contributed by atoms with van der Waals surface area (Å²) in [5, 5.41) is 39.6. The molecule has 0 unspecified atom stereocenters. The minimum atomic E-state index is -3.21. The minimum absolute atomic E-state index is 0.0374. The molecular formula is C33H51NO8S. The first-order chi connectivity index (χ1) is 20.6. The number of carboxylic acid groups (broad SMARTS) is 1. The number of hydrogen-bond acceptors (Lipinski definition) is 8. The van der Waals surface area contributed by atoms with Gasteiger partial charge in [-0.2, -0.15) is 0 Å². The van der Waals surface area contributed by atoms with Gasteiger partial charge in [-0.1, -0.05) is 50.3 Å². The Morgan fingerprint density at radius 1 is 0.977 bits per heavy atom. The van der Waals surface area contributed by atoms with Crippen molar-refractivity contribution < 1.29 is 38.4 Å². The predicted octanol–water partition coefficient (Wildman–Crippen LogP) is 5.30. The Morgan fingerprint density at radius 3 is 2.35 bits per heavy atom. The number of nitrogens with one attached hydrogen (secondary N) is 1. The van der Waals surface area contributed by atoms with Crippen LogP contribution in [0.1, 0.15) is 100 Å². The van der Waals surface area contributed by atoms with E-state index in [0.29, 0.717) is 22.6 Å². The molecule has 1 aliphatic carbocycles. The van der Waals surface area contributed by atoms with Crippen molar-refractivity contribution in [2.45, 2.75) is 107 Å². The van der Waals surface area contributed by atoms with E-state index >= 15 is 0 Å². The van der Waals surface area contributed by atoms with Gasteiger partial charge in [-0.25, -0.2) is 8.42 Å². The van der Waals surface area contributed by atoms with Gasteiger partial charge in [-0.3, -0.25) is 4.79 Å². The van der Waals surface area contributed by atoms with Crippen LogP contribution in [0.3, 0.4) is 0 Å². The summed E-state index contributed by atoms with van der Waals surface area (Å²) < 4.78 is 31.7. The van der Waals surface area contributed by atoms with Crippen LogP contribution >= 0.6 is 0 Å². The van der Waals surface area contributed by atoms with Crippen LogP contribution in [0.2, 0.25) is 0 Å². The molecule has 43 heavy (non-hydrogen) atoms. The highest BCUT2D eigenvalue weighted by Crippen LogP contribution is 2.29. The number of rotatable bonds is 18. The van der Waals surface area contributed by atoms with Gasteiger partial charge >= 0.3 is 0 Å². The lowest BCUT2D eigenvalue weighted by atomic mass is 10.0. The second-order valence-electron chi connectivity index (χ2n) is 11.2. The Balaban J connectivity index is 0.00000151. The van der Waals surface area contributed by atoms with E-state index in [0.717, 1.165) is 109 Å². The molecule has 0 radical (unpaired) electrons. The van der Waals surface area contributed by atoms with Gasteiger partial charge in [0.05, 0.1) is 22.9 Å². The molecule has 10 heteroatoms. The molecule has 0 amide bonds. The monoisotopic (exact) mass is 621 g/mol. The number of ether oxygens (including phenoxy) is 1. The summed E-state index contributed by atoms with van der Waals surface area (Å²) in [6.07, 6.45) is 11.2. The highest BCUT2D eigenvalue weighted by molar-refractivity contribution is 7.92. The molecule has 0 bridgehead atoms. The summed E-state index contributed by atoms with van der Waals surface area (Å²) >= 11 is 0. The van der Waals surface area contributed by atoms with E-state index in [9.17, 15) is 23.7 Å². The van der Waals surface area contributed by atoms with Gasteiger partial charge < -0.3 is 30.5 Å². The number of phenols is 1. The standard InChI is InChI=1S/C31H47NO6S.C2H4O2/c33-24-27-22-26(16-17-30(27)34)31(35)23-32-18-7-1-2-8-19-38-20-9-6-11-25-12-10-15-29(21-25)39(36,37)28-13-4-3-5-14-28;1-2(3)4/h10,12,15-17,21-22,28,31-35H,1-9,11,13-14,18-20,23-24H2;1H3,(H,3,4)/t31-;/m0./s1. The van der Waals surface area contributed by atoms with Gasteiger partial charge in [-0.15, -0.1) is 0 Å². The zero-order valence-corrected chi connectivity index (χ0v) is 26.4. The normalized spacial score (nSPS) is 14.6. The predicted molar refractivity (Wildman–Crippen MR) is 168 cm³/mol. The molecule has 1 atom stereocenters. The summed E-state index contributed by atoms with van der Waals surface area (Å²) in [6, 6.07) is 12.3. The van der Waals surface area contributed by atoms with E-state index in [1.54, 1.807) is 18.2 Å². The van der Waals surface area contributed by atoms with Gasteiger partial charge in [0, 0.05) is 32.2 Å². The molecule has 242 valence electrons. The molecule has 2 aromatic carbocycles. The smallest absolute Gasteiger partial charge is 0.300 e. The molecule has 0 saturated heterocycles. The molecule has 1 saturated carbocycles. The number of carbonyl (C=O) groups is 1. The molecule has 1 aliphatic rings. The lowest BCUT2D eigenvalue weighted by Crippen LogP contribution is -2.24. The van der Waals surface area contributed by atoms with Crippen molar-refractivity contribution in [3.05, 3.63) is 59.2 Å². The van der Waals surface area contributed by atoms with Crippen LogP contribution in [0.25, 0.3) is 0 Å². The number of aromatic hydroxyl groups is 1.